The Kier molecular flexibility index (Phi) is 3.68. The summed E-state index contributed by atoms with van der Waals surface area (Å²) in [6.45, 7) is 0.389. The fraction of sp³-hybridized carbons (Fsp3) is 0.0556. The molecule has 4 rings (SSSR count). The van der Waals surface area contributed by atoms with Crippen LogP contribution >= 0.6 is 0 Å². The van der Waals surface area contributed by atoms with Crippen molar-refractivity contribution in [3.05, 3.63) is 66.2 Å². The standard InChI is InChI=1S/C18H15BN2O3/c22-18(20-15-7-5-12-3-1-2-4-13(12)9-15)21-16-8-6-14-11-24-19(23)17(14)10-16/h1-10,23H,11H2,(H2,20,21,22). The van der Waals surface area contributed by atoms with Gasteiger partial charge in [0.1, 0.15) is 0 Å². The summed E-state index contributed by atoms with van der Waals surface area (Å²) in [7, 11) is -0.926. The van der Waals surface area contributed by atoms with Gasteiger partial charge in [-0.05, 0) is 46.1 Å². The number of carbonyl (C=O) groups is 1. The third-order valence-corrected chi connectivity index (χ3v) is 4.07. The van der Waals surface area contributed by atoms with Crippen LogP contribution < -0.4 is 16.1 Å². The maximum Gasteiger partial charge on any atom is 0.491 e. The minimum absolute atomic E-state index is 0.335. The van der Waals surface area contributed by atoms with E-state index in [4.69, 9.17) is 4.65 Å². The Labute approximate surface area is 139 Å². The Bertz CT molecular complexity index is 929. The van der Waals surface area contributed by atoms with E-state index < -0.39 is 7.12 Å². The number of hydrogen-bond donors (Lipinski definition) is 3. The monoisotopic (exact) mass is 318 g/mol. The fourth-order valence-corrected chi connectivity index (χ4v) is 2.85. The van der Waals surface area contributed by atoms with E-state index in [1.165, 1.54) is 0 Å². The molecule has 1 aliphatic rings. The van der Waals surface area contributed by atoms with Gasteiger partial charge in [-0.2, -0.15) is 0 Å². The van der Waals surface area contributed by atoms with Crippen LogP contribution in [0, 0.1) is 0 Å². The number of nitrogens with one attached hydrogen (secondary N) is 2. The summed E-state index contributed by atoms with van der Waals surface area (Å²) in [5, 5.41) is 17.5. The van der Waals surface area contributed by atoms with Crippen molar-refractivity contribution in [3.8, 4) is 0 Å². The van der Waals surface area contributed by atoms with E-state index in [1.807, 2.05) is 48.5 Å². The first-order chi connectivity index (χ1) is 11.7. The van der Waals surface area contributed by atoms with E-state index in [9.17, 15) is 9.82 Å². The van der Waals surface area contributed by atoms with Crippen molar-refractivity contribution in [3.63, 3.8) is 0 Å². The van der Waals surface area contributed by atoms with Crippen molar-refractivity contribution < 1.29 is 14.5 Å². The van der Waals surface area contributed by atoms with Crippen LogP contribution in [-0.4, -0.2) is 18.2 Å². The fourth-order valence-electron chi connectivity index (χ4n) is 2.85. The van der Waals surface area contributed by atoms with Gasteiger partial charge in [-0.25, -0.2) is 4.79 Å². The summed E-state index contributed by atoms with van der Waals surface area (Å²) in [6, 6.07) is 18.8. The number of rotatable bonds is 2. The molecule has 2 amide bonds. The molecule has 5 nitrogen and oxygen atoms in total. The van der Waals surface area contributed by atoms with Crippen molar-refractivity contribution in [1.29, 1.82) is 0 Å². The maximum absolute atomic E-state index is 12.2. The molecular weight excluding hydrogens is 303 g/mol. The molecule has 3 aromatic rings. The van der Waals surface area contributed by atoms with E-state index in [-0.39, 0.29) is 6.03 Å². The van der Waals surface area contributed by atoms with E-state index in [2.05, 4.69) is 10.6 Å². The highest BCUT2D eigenvalue weighted by atomic mass is 16.5. The Morgan fingerprint density at radius 3 is 2.50 bits per heavy atom. The summed E-state index contributed by atoms with van der Waals surface area (Å²) >= 11 is 0. The second-order valence-corrected chi connectivity index (χ2v) is 5.72. The molecule has 0 unspecified atom stereocenters. The summed E-state index contributed by atoms with van der Waals surface area (Å²) < 4.78 is 5.15. The molecule has 24 heavy (non-hydrogen) atoms. The third kappa shape index (κ3) is 2.85. The minimum Gasteiger partial charge on any atom is -0.423 e. The summed E-state index contributed by atoms with van der Waals surface area (Å²) in [5.41, 5.74) is 2.95. The molecule has 0 spiro atoms. The highest BCUT2D eigenvalue weighted by Gasteiger charge is 2.27. The van der Waals surface area contributed by atoms with Crippen LogP contribution in [0.4, 0.5) is 16.2 Å². The van der Waals surface area contributed by atoms with Crippen LogP contribution in [0.5, 0.6) is 0 Å². The Hall–Kier alpha value is -2.83. The van der Waals surface area contributed by atoms with Gasteiger partial charge in [-0.15, -0.1) is 0 Å². The van der Waals surface area contributed by atoms with Crippen molar-refractivity contribution in [2.75, 3.05) is 10.6 Å². The molecule has 3 N–H and O–H groups in total. The average molecular weight is 318 g/mol. The Balaban J connectivity index is 1.49. The molecule has 0 saturated carbocycles. The lowest BCUT2D eigenvalue weighted by molar-refractivity contribution is 0.262. The number of amides is 2. The molecular formula is C18H15BN2O3. The van der Waals surface area contributed by atoms with Gasteiger partial charge in [0.2, 0.25) is 0 Å². The lowest BCUT2D eigenvalue weighted by Gasteiger charge is -2.10. The number of fused-ring (bicyclic) bond motifs is 2. The lowest BCUT2D eigenvalue weighted by Crippen LogP contribution is -2.29. The molecule has 0 fully saturated rings. The number of anilines is 2. The minimum atomic E-state index is -0.926. The number of urea groups is 1. The molecule has 0 bridgehead atoms. The molecule has 0 aliphatic carbocycles. The van der Waals surface area contributed by atoms with E-state index in [0.717, 1.165) is 22.0 Å². The molecule has 0 saturated heterocycles. The van der Waals surface area contributed by atoms with Crippen LogP contribution in [0.15, 0.2) is 60.7 Å². The predicted octanol–water partition coefficient (Wildman–Crippen LogP) is 2.70. The number of hydrogen-bond acceptors (Lipinski definition) is 3. The molecule has 1 aliphatic heterocycles. The first-order valence-corrected chi connectivity index (χ1v) is 7.68. The quantitative estimate of drug-likeness (QED) is 0.636. The summed E-state index contributed by atoms with van der Waals surface area (Å²) in [5.74, 6) is 0. The Morgan fingerprint density at radius 1 is 0.958 bits per heavy atom. The molecule has 1 heterocycles. The predicted molar refractivity (Wildman–Crippen MR) is 95.4 cm³/mol. The molecule has 0 atom stereocenters. The summed E-state index contributed by atoms with van der Waals surface area (Å²) in [4.78, 5) is 12.2. The first-order valence-electron chi connectivity index (χ1n) is 7.68. The van der Waals surface area contributed by atoms with Crippen molar-refractivity contribution >= 4 is 40.8 Å². The SMILES string of the molecule is O=C(Nc1ccc2c(c1)B(O)OC2)Nc1ccc2ccccc2c1. The largest absolute Gasteiger partial charge is 0.491 e. The topological polar surface area (TPSA) is 70.6 Å². The van der Waals surface area contributed by atoms with Gasteiger partial charge in [-0.3, -0.25) is 0 Å². The number of carbonyl (C=O) groups excluding carboxylic acids is 1. The van der Waals surface area contributed by atoms with Crippen molar-refractivity contribution in [2.24, 2.45) is 0 Å². The van der Waals surface area contributed by atoms with Gasteiger partial charge in [0.15, 0.2) is 0 Å². The highest BCUT2D eigenvalue weighted by Crippen LogP contribution is 2.19. The van der Waals surface area contributed by atoms with E-state index >= 15 is 0 Å². The molecule has 0 radical (unpaired) electrons. The van der Waals surface area contributed by atoms with Gasteiger partial charge in [0.05, 0.1) is 6.61 Å². The van der Waals surface area contributed by atoms with E-state index in [1.54, 1.807) is 12.1 Å². The van der Waals surface area contributed by atoms with Gasteiger partial charge in [0, 0.05) is 11.4 Å². The van der Waals surface area contributed by atoms with Crippen LogP contribution in [-0.2, 0) is 11.3 Å². The van der Waals surface area contributed by atoms with Crippen LogP contribution in [0.25, 0.3) is 10.8 Å². The van der Waals surface area contributed by atoms with Crippen molar-refractivity contribution in [2.45, 2.75) is 6.61 Å². The highest BCUT2D eigenvalue weighted by molar-refractivity contribution is 6.61. The first kappa shape index (κ1) is 14.7. The zero-order chi connectivity index (χ0) is 16.5. The van der Waals surface area contributed by atoms with Gasteiger partial charge in [0.25, 0.3) is 0 Å². The van der Waals surface area contributed by atoms with Crippen LogP contribution in [0.1, 0.15) is 5.56 Å². The number of benzene rings is 3. The maximum atomic E-state index is 12.2. The van der Waals surface area contributed by atoms with Crippen LogP contribution in [0.2, 0.25) is 0 Å². The summed E-state index contributed by atoms with van der Waals surface area (Å²) in [6.07, 6.45) is 0. The van der Waals surface area contributed by atoms with Gasteiger partial charge in [-0.1, -0.05) is 36.4 Å². The van der Waals surface area contributed by atoms with Crippen molar-refractivity contribution in [1.82, 2.24) is 0 Å². The second kappa shape index (κ2) is 6.00. The van der Waals surface area contributed by atoms with Crippen LogP contribution in [0.3, 0.4) is 0 Å². The normalized spacial score (nSPS) is 13.0. The zero-order valence-corrected chi connectivity index (χ0v) is 12.8. The molecule has 3 aromatic carbocycles. The smallest absolute Gasteiger partial charge is 0.423 e. The Morgan fingerprint density at radius 2 is 1.67 bits per heavy atom. The molecule has 118 valence electrons. The average Bonchev–Trinajstić information content (AvgIpc) is 2.95. The molecule has 6 heteroatoms. The lowest BCUT2D eigenvalue weighted by atomic mass is 9.79. The van der Waals surface area contributed by atoms with Gasteiger partial charge < -0.3 is 20.3 Å². The van der Waals surface area contributed by atoms with E-state index in [0.29, 0.717) is 17.8 Å². The third-order valence-electron chi connectivity index (χ3n) is 4.07. The second-order valence-electron chi connectivity index (χ2n) is 5.72. The zero-order valence-electron chi connectivity index (χ0n) is 12.8. The molecule has 0 aromatic heterocycles. The van der Waals surface area contributed by atoms with Gasteiger partial charge >= 0.3 is 13.1 Å².